The van der Waals surface area contributed by atoms with E-state index >= 15 is 0 Å². The van der Waals surface area contributed by atoms with E-state index in [-0.39, 0.29) is 18.1 Å². The molecule has 7 nitrogen and oxygen atoms in total. The van der Waals surface area contributed by atoms with Crippen LogP contribution < -0.4 is 5.32 Å². The molecule has 134 valence electrons. The van der Waals surface area contributed by atoms with Crippen LogP contribution in [-0.2, 0) is 16.6 Å². The molecule has 1 saturated heterocycles. The number of hydrogen-bond donors (Lipinski definition) is 2. The third kappa shape index (κ3) is 4.55. The first-order chi connectivity index (χ1) is 11.6. The van der Waals surface area contributed by atoms with Crippen LogP contribution in [0.2, 0.25) is 0 Å². The number of carbonyl (C=O) groups excluding carboxylic acids is 1. The molecule has 0 radical (unpaired) electrons. The standard InChI is InChI=1S/C17H28N4O3/c1-20-12-14(11-18-20)17(13-9-15(22)10-13)19-16(23)3-2-4-21-5-7-24-8-6-21/h11-13,15,17,22H,2-10H2,1H3,(H,19,23). The van der Waals surface area contributed by atoms with Gasteiger partial charge in [-0.25, -0.2) is 0 Å². The van der Waals surface area contributed by atoms with Crippen molar-refractivity contribution in [3.8, 4) is 0 Å². The Morgan fingerprint density at radius 2 is 2.21 bits per heavy atom. The van der Waals surface area contributed by atoms with Crippen LogP contribution in [0.25, 0.3) is 0 Å². The van der Waals surface area contributed by atoms with Crippen molar-refractivity contribution in [1.29, 1.82) is 0 Å². The maximum Gasteiger partial charge on any atom is 0.220 e. The highest BCUT2D eigenvalue weighted by molar-refractivity contribution is 5.76. The molecule has 1 saturated carbocycles. The summed E-state index contributed by atoms with van der Waals surface area (Å²) in [6, 6.07) is -0.0435. The van der Waals surface area contributed by atoms with Crippen LogP contribution >= 0.6 is 0 Å². The van der Waals surface area contributed by atoms with Gasteiger partial charge in [0.25, 0.3) is 0 Å². The van der Waals surface area contributed by atoms with Crippen molar-refractivity contribution in [2.75, 3.05) is 32.8 Å². The quantitative estimate of drug-likeness (QED) is 0.756. The third-order valence-corrected chi connectivity index (χ3v) is 5.00. The molecule has 0 bridgehead atoms. The summed E-state index contributed by atoms with van der Waals surface area (Å²) in [5.74, 6) is 0.380. The molecule has 1 unspecified atom stereocenters. The smallest absolute Gasteiger partial charge is 0.220 e. The van der Waals surface area contributed by atoms with E-state index in [0.29, 0.717) is 12.3 Å². The van der Waals surface area contributed by atoms with Crippen LogP contribution in [0.15, 0.2) is 12.4 Å². The summed E-state index contributed by atoms with van der Waals surface area (Å²) in [4.78, 5) is 14.7. The predicted octanol–water partition coefficient (Wildman–Crippen LogP) is 0.461. The fourth-order valence-electron chi connectivity index (χ4n) is 3.51. The minimum absolute atomic E-state index is 0.0435. The third-order valence-electron chi connectivity index (χ3n) is 5.00. The van der Waals surface area contributed by atoms with Crippen LogP contribution in [0, 0.1) is 5.92 Å². The second-order valence-corrected chi connectivity index (χ2v) is 6.94. The minimum Gasteiger partial charge on any atom is -0.393 e. The van der Waals surface area contributed by atoms with Crippen molar-refractivity contribution in [2.24, 2.45) is 13.0 Å². The molecule has 3 rings (SSSR count). The van der Waals surface area contributed by atoms with Crippen LogP contribution in [0.4, 0.5) is 0 Å². The molecule has 2 fully saturated rings. The molecular formula is C17H28N4O3. The average Bonchev–Trinajstić information content (AvgIpc) is 2.97. The van der Waals surface area contributed by atoms with Gasteiger partial charge in [-0.15, -0.1) is 0 Å². The number of nitrogens with one attached hydrogen (secondary N) is 1. The molecule has 1 aromatic heterocycles. The highest BCUT2D eigenvalue weighted by Gasteiger charge is 2.36. The zero-order chi connectivity index (χ0) is 16.9. The average molecular weight is 336 g/mol. The van der Waals surface area contributed by atoms with Crippen molar-refractivity contribution in [2.45, 2.75) is 37.8 Å². The molecule has 24 heavy (non-hydrogen) atoms. The fourth-order valence-corrected chi connectivity index (χ4v) is 3.51. The molecule has 1 aliphatic heterocycles. The Kier molecular flexibility index (Phi) is 5.86. The van der Waals surface area contributed by atoms with Crippen molar-refractivity contribution >= 4 is 5.91 Å². The lowest BCUT2D eigenvalue weighted by Crippen LogP contribution is -2.41. The zero-order valence-electron chi connectivity index (χ0n) is 14.4. The lowest BCUT2D eigenvalue weighted by Gasteiger charge is -2.37. The van der Waals surface area contributed by atoms with Gasteiger partial charge in [-0.2, -0.15) is 5.10 Å². The van der Waals surface area contributed by atoms with Gasteiger partial charge in [0, 0.05) is 38.3 Å². The Bertz CT molecular complexity index is 536. The van der Waals surface area contributed by atoms with Crippen molar-refractivity contribution < 1.29 is 14.6 Å². The number of aryl methyl sites for hydroxylation is 1. The molecule has 0 spiro atoms. The molecule has 2 aliphatic rings. The number of aliphatic hydroxyl groups is 1. The minimum atomic E-state index is -0.229. The van der Waals surface area contributed by atoms with Gasteiger partial charge in [-0.3, -0.25) is 14.4 Å². The van der Waals surface area contributed by atoms with Gasteiger partial charge in [0.2, 0.25) is 5.91 Å². The lowest BCUT2D eigenvalue weighted by atomic mass is 9.75. The number of ether oxygens (including phenoxy) is 1. The number of hydrogen-bond acceptors (Lipinski definition) is 5. The van der Waals surface area contributed by atoms with Crippen molar-refractivity contribution in [3.05, 3.63) is 18.0 Å². The second kappa shape index (κ2) is 8.09. The predicted molar refractivity (Wildman–Crippen MR) is 89.3 cm³/mol. The number of aliphatic hydroxyl groups excluding tert-OH is 1. The van der Waals surface area contributed by atoms with Crippen LogP contribution in [-0.4, -0.2) is 64.6 Å². The van der Waals surface area contributed by atoms with E-state index in [0.717, 1.165) is 57.7 Å². The van der Waals surface area contributed by atoms with E-state index in [9.17, 15) is 9.90 Å². The van der Waals surface area contributed by atoms with Gasteiger partial charge in [-0.05, 0) is 31.7 Å². The summed E-state index contributed by atoms with van der Waals surface area (Å²) in [6.45, 7) is 4.44. The molecule has 2 heterocycles. The topological polar surface area (TPSA) is 79.6 Å². The largest absolute Gasteiger partial charge is 0.393 e. The summed E-state index contributed by atoms with van der Waals surface area (Å²) in [5, 5.41) is 17.0. The van der Waals surface area contributed by atoms with Gasteiger partial charge in [-0.1, -0.05) is 0 Å². The number of morpholine rings is 1. The number of rotatable bonds is 7. The van der Waals surface area contributed by atoms with E-state index in [2.05, 4.69) is 15.3 Å². The summed E-state index contributed by atoms with van der Waals surface area (Å²) in [5.41, 5.74) is 1.02. The van der Waals surface area contributed by atoms with E-state index in [1.54, 1.807) is 4.68 Å². The Labute approximate surface area is 143 Å². The SMILES string of the molecule is Cn1cc(C(NC(=O)CCCN2CCOCC2)C2CC(O)C2)cn1. The van der Waals surface area contributed by atoms with E-state index in [1.165, 1.54) is 0 Å². The Hall–Kier alpha value is -1.44. The summed E-state index contributed by atoms with van der Waals surface area (Å²) in [6.07, 6.45) is 6.41. The first-order valence-corrected chi connectivity index (χ1v) is 8.88. The molecule has 0 aromatic carbocycles. The molecular weight excluding hydrogens is 308 g/mol. The first kappa shape index (κ1) is 17.4. The summed E-state index contributed by atoms with van der Waals surface area (Å²) in [7, 11) is 1.88. The molecule has 1 aromatic rings. The maximum atomic E-state index is 12.4. The summed E-state index contributed by atoms with van der Waals surface area (Å²) < 4.78 is 7.09. The highest BCUT2D eigenvalue weighted by Crippen LogP contribution is 2.38. The number of aromatic nitrogens is 2. The molecule has 2 N–H and O–H groups in total. The van der Waals surface area contributed by atoms with E-state index in [1.807, 2.05) is 19.4 Å². The number of amides is 1. The molecule has 7 heteroatoms. The normalized spacial score (nSPS) is 25.9. The van der Waals surface area contributed by atoms with Gasteiger partial charge < -0.3 is 15.2 Å². The van der Waals surface area contributed by atoms with Gasteiger partial charge in [0.15, 0.2) is 0 Å². The molecule has 1 atom stereocenters. The van der Waals surface area contributed by atoms with Crippen LogP contribution in [0.3, 0.4) is 0 Å². The Morgan fingerprint density at radius 1 is 1.46 bits per heavy atom. The van der Waals surface area contributed by atoms with Gasteiger partial charge in [0.05, 0.1) is 31.6 Å². The Balaban J connectivity index is 1.47. The van der Waals surface area contributed by atoms with Crippen LogP contribution in [0.1, 0.15) is 37.3 Å². The van der Waals surface area contributed by atoms with Gasteiger partial charge >= 0.3 is 0 Å². The number of carbonyl (C=O) groups is 1. The van der Waals surface area contributed by atoms with E-state index < -0.39 is 0 Å². The Morgan fingerprint density at radius 3 is 2.83 bits per heavy atom. The first-order valence-electron chi connectivity index (χ1n) is 8.88. The maximum absolute atomic E-state index is 12.4. The zero-order valence-corrected chi connectivity index (χ0v) is 14.4. The molecule has 1 amide bonds. The van der Waals surface area contributed by atoms with E-state index in [4.69, 9.17) is 4.74 Å². The second-order valence-electron chi connectivity index (χ2n) is 6.94. The van der Waals surface area contributed by atoms with Gasteiger partial charge in [0.1, 0.15) is 0 Å². The van der Waals surface area contributed by atoms with Crippen molar-refractivity contribution in [1.82, 2.24) is 20.0 Å². The van der Waals surface area contributed by atoms with Crippen LogP contribution in [0.5, 0.6) is 0 Å². The van der Waals surface area contributed by atoms with Crippen molar-refractivity contribution in [3.63, 3.8) is 0 Å². The summed E-state index contributed by atoms with van der Waals surface area (Å²) >= 11 is 0. The molecule has 1 aliphatic carbocycles. The number of nitrogens with zero attached hydrogens (tertiary/aromatic N) is 3. The highest BCUT2D eigenvalue weighted by atomic mass is 16.5. The monoisotopic (exact) mass is 336 g/mol. The fraction of sp³-hybridized carbons (Fsp3) is 0.765. The lowest BCUT2D eigenvalue weighted by molar-refractivity contribution is -0.123.